The SMILES string of the molecule is CC[C@@]1(O)C(=O)OCc2c1cc1n(c2=O)Cc2c-1nc1ccccc1c2CC[N+](C)(C)Cc1ccc(NC(=O)[C@H](CCCNC(=N)N)NC(=O)[C@@H](NC(=O)CCC(=O)C(C)C)C(C)C)cc1. The average Bonchev–Trinajstić information content (AvgIpc) is 3.64. The summed E-state index contributed by atoms with van der Waals surface area (Å²) in [6, 6.07) is 15.3. The number of fused-ring (bicyclic) bond motifs is 5. The second-order valence-electron chi connectivity index (χ2n) is 18.7. The molecule has 0 aliphatic carbocycles. The number of Topliss-reactive ketones (excluding diaryl/α,β-unsaturated/α-hetero) is 1. The number of nitrogens with two attached hydrogens (primary N) is 1. The molecular weight excluding hydrogens is 843 g/mol. The Bertz CT molecular complexity index is 2590. The van der Waals surface area contributed by atoms with E-state index in [2.05, 4.69) is 35.4 Å². The van der Waals surface area contributed by atoms with Crippen LogP contribution in [0, 0.1) is 17.2 Å². The van der Waals surface area contributed by atoms with Crippen LogP contribution in [0.25, 0.3) is 22.3 Å². The number of rotatable bonds is 20. The Morgan fingerprint density at radius 1 is 0.985 bits per heavy atom. The number of aromatic nitrogens is 2. The number of para-hydroxylation sites is 1. The lowest BCUT2D eigenvalue weighted by molar-refractivity contribution is -0.903. The Balaban J connectivity index is 1.14. The number of hydrogen-bond acceptors (Lipinski definition) is 10. The molecule has 4 heterocycles. The lowest BCUT2D eigenvalue weighted by atomic mass is 9.86. The van der Waals surface area contributed by atoms with Crippen LogP contribution in [-0.2, 0) is 60.4 Å². The van der Waals surface area contributed by atoms with Gasteiger partial charge in [-0.05, 0) is 55.0 Å². The van der Waals surface area contributed by atoms with Gasteiger partial charge in [-0.3, -0.25) is 29.4 Å². The number of benzene rings is 2. The molecule has 3 amide bonds. The Kier molecular flexibility index (Phi) is 15.1. The van der Waals surface area contributed by atoms with E-state index in [1.807, 2.05) is 48.5 Å². The van der Waals surface area contributed by atoms with Crippen molar-refractivity contribution < 1.29 is 38.3 Å². The van der Waals surface area contributed by atoms with E-state index in [1.54, 1.807) is 45.3 Å². The fourth-order valence-corrected chi connectivity index (χ4v) is 8.67. The zero-order valence-corrected chi connectivity index (χ0v) is 39.0. The molecule has 6 rings (SSSR count). The predicted molar refractivity (Wildman–Crippen MR) is 251 cm³/mol. The van der Waals surface area contributed by atoms with Crippen LogP contribution in [0.2, 0.25) is 0 Å². The van der Waals surface area contributed by atoms with E-state index in [4.69, 9.17) is 20.9 Å². The van der Waals surface area contributed by atoms with Gasteiger partial charge < -0.3 is 45.9 Å². The summed E-state index contributed by atoms with van der Waals surface area (Å²) in [5, 5.41) is 31.0. The number of anilines is 1. The number of pyridine rings is 2. The number of hydrogen-bond donors (Lipinski definition) is 7. The van der Waals surface area contributed by atoms with Gasteiger partial charge in [-0.2, -0.15) is 0 Å². The van der Waals surface area contributed by atoms with Gasteiger partial charge in [0.1, 0.15) is 31.0 Å². The van der Waals surface area contributed by atoms with Gasteiger partial charge in [0.05, 0.1) is 49.7 Å². The Morgan fingerprint density at radius 2 is 1.70 bits per heavy atom. The van der Waals surface area contributed by atoms with Crippen LogP contribution in [-0.4, -0.2) is 93.8 Å². The Morgan fingerprint density at radius 3 is 2.36 bits per heavy atom. The summed E-state index contributed by atoms with van der Waals surface area (Å²) in [6.45, 7) is 10.6. The van der Waals surface area contributed by atoms with E-state index in [1.165, 1.54) is 0 Å². The molecule has 0 radical (unpaired) electrons. The summed E-state index contributed by atoms with van der Waals surface area (Å²) in [6.07, 6.45) is 1.39. The molecular formula is C49H64N9O8+. The van der Waals surface area contributed by atoms with E-state index in [0.717, 1.165) is 34.1 Å². The number of likely N-dealkylation sites (N-methyl/N-ethyl adjacent to an activating group) is 1. The lowest BCUT2D eigenvalue weighted by Gasteiger charge is -2.31. The molecule has 66 heavy (non-hydrogen) atoms. The van der Waals surface area contributed by atoms with Gasteiger partial charge in [0.2, 0.25) is 17.7 Å². The molecule has 0 fully saturated rings. The number of cyclic esters (lactones) is 1. The van der Waals surface area contributed by atoms with E-state index in [9.17, 15) is 33.9 Å². The first-order chi connectivity index (χ1) is 31.2. The van der Waals surface area contributed by atoms with Crippen LogP contribution in [0.5, 0.6) is 0 Å². The minimum absolute atomic E-state index is 0.0430. The summed E-state index contributed by atoms with van der Waals surface area (Å²) in [5.74, 6) is -2.92. The molecule has 0 saturated heterocycles. The van der Waals surface area contributed by atoms with Crippen LogP contribution < -0.4 is 32.6 Å². The zero-order chi connectivity index (χ0) is 48.1. The summed E-state index contributed by atoms with van der Waals surface area (Å²) in [7, 11) is 4.28. The molecule has 8 N–H and O–H groups in total. The number of aliphatic hydroxyl groups is 1. The van der Waals surface area contributed by atoms with Crippen molar-refractivity contribution in [2.24, 2.45) is 17.6 Å². The van der Waals surface area contributed by atoms with E-state index in [-0.39, 0.29) is 72.6 Å². The first kappa shape index (κ1) is 49.0. The van der Waals surface area contributed by atoms with Crippen molar-refractivity contribution in [3.63, 3.8) is 0 Å². The fraction of sp³-hybridized carbons (Fsp3) is 0.469. The van der Waals surface area contributed by atoms with Gasteiger partial charge in [0, 0.05) is 59.5 Å². The molecule has 2 aromatic heterocycles. The number of ketones is 1. The third-order valence-electron chi connectivity index (χ3n) is 12.6. The van der Waals surface area contributed by atoms with Gasteiger partial charge in [-0.15, -0.1) is 0 Å². The number of nitrogens with one attached hydrogen (secondary N) is 5. The molecule has 2 aliphatic rings. The molecule has 0 spiro atoms. The second kappa shape index (κ2) is 20.4. The summed E-state index contributed by atoms with van der Waals surface area (Å²) in [5.41, 5.74) is 9.37. The standard InChI is InChI=1S/C49H63N9O8/c1-8-49(65)36-24-39-43-34(25-57(39)46(63)35(36)27-66-47(49)64)32(33-12-9-10-13-37(33)54-43)21-23-58(6,7)26-30-15-17-31(18-16-30)53-44(61)38(14-11-22-52-48(50)51)55-45(62)42(29(4)5)56-41(60)20-19-40(59)28(2)3/h9-10,12-13,15-18,24,28-29,38,42,65H,8,11,14,19-23,25-27H2,1-7H3,(H6-,50,51,52,53,55,56,60,61,62)/p+1/t38-,42-,49-/m0/s1. The summed E-state index contributed by atoms with van der Waals surface area (Å²) in [4.78, 5) is 83.9. The van der Waals surface area contributed by atoms with E-state index >= 15 is 0 Å². The number of carbonyl (C=O) groups excluding carboxylic acids is 5. The Labute approximate surface area is 385 Å². The zero-order valence-electron chi connectivity index (χ0n) is 39.0. The van der Waals surface area contributed by atoms with Gasteiger partial charge in [-0.25, -0.2) is 9.78 Å². The molecule has 0 bridgehead atoms. The van der Waals surface area contributed by atoms with Crippen molar-refractivity contribution in [2.75, 3.05) is 32.5 Å². The smallest absolute Gasteiger partial charge is 0.343 e. The highest BCUT2D eigenvalue weighted by Crippen LogP contribution is 2.40. The highest BCUT2D eigenvalue weighted by Gasteiger charge is 2.45. The number of guanidine groups is 1. The van der Waals surface area contributed by atoms with Gasteiger partial charge >= 0.3 is 5.97 Å². The van der Waals surface area contributed by atoms with Crippen LogP contribution in [0.4, 0.5) is 5.69 Å². The molecule has 2 aliphatic heterocycles. The van der Waals surface area contributed by atoms with Gasteiger partial charge in [0.15, 0.2) is 11.6 Å². The van der Waals surface area contributed by atoms with Crippen molar-refractivity contribution in [1.29, 1.82) is 5.41 Å². The number of ether oxygens (including phenoxy) is 1. The fourth-order valence-electron chi connectivity index (χ4n) is 8.67. The normalized spacial score (nSPS) is 16.2. The molecule has 17 nitrogen and oxygen atoms in total. The molecule has 352 valence electrons. The number of nitrogens with zero attached hydrogens (tertiary/aromatic N) is 3. The maximum Gasteiger partial charge on any atom is 0.343 e. The monoisotopic (exact) mass is 906 g/mol. The highest BCUT2D eigenvalue weighted by molar-refractivity contribution is 5.98. The molecule has 2 aromatic carbocycles. The van der Waals surface area contributed by atoms with Crippen molar-refractivity contribution in [1.82, 2.24) is 25.5 Å². The maximum absolute atomic E-state index is 13.9. The molecule has 0 unspecified atom stereocenters. The third kappa shape index (κ3) is 11.0. The van der Waals surface area contributed by atoms with Crippen LogP contribution in [0.15, 0.2) is 59.4 Å². The van der Waals surface area contributed by atoms with Crippen molar-refractivity contribution >= 4 is 52.0 Å². The quantitative estimate of drug-likeness (QED) is 0.0195. The molecule has 17 heteroatoms. The number of carbonyl (C=O) groups is 5. The largest absolute Gasteiger partial charge is 0.458 e. The van der Waals surface area contributed by atoms with Crippen LogP contribution >= 0.6 is 0 Å². The van der Waals surface area contributed by atoms with Crippen molar-refractivity contribution in [3.05, 3.63) is 92.8 Å². The topological polar surface area (TPSA) is 248 Å². The molecule has 3 atom stereocenters. The summed E-state index contributed by atoms with van der Waals surface area (Å²) < 4.78 is 7.53. The van der Waals surface area contributed by atoms with Gasteiger partial charge in [0.25, 0.3) is 5.56 Å². The molecule has 4 aromatic rings. The van der Waals surface area contributed by atoms with Crippen LogP contribution in [0.1, 0.15) is 94.5 Å². The van der Waals surface area contributed by atoms with Crippen LogP contribution in [0.3, 0.4) is 0 Å². The molecule has 0 saturated carbocycles. The Hall–Kier alpha value is -6.46. The average molecular weight is 907 g/mol. The van der Waals surface area contributed by atoms with E-state index < -0.39 is 41.4 Å². The number of quaternary nitrogens is 1. The first-order valence-electron chi connectivity index (χ1n) is 22.7. The van der Waals surface area contributed by atoms with E-state index in [0.29, 0.717) is 54.0 Å². The minimum atomic E-state index is -1.91. The lowest BCUT2D eigenvalue weighted by Crippen LogP contribution is -2.54. The van der Waals surface area contributed by atoms with Crippen molar-refractivity contribution in [2.45, 2.75) is 111 Å². The minimum Gasteiger partial charge on any atom is -0.458 e. The summed E-state index contributed by atoms with van der Waals surface area (Å²) >= 11 is 0. The first-order valence-corrected chi connectivity index (χ1v) is 22.7. The number of amides is 3. The third-order valence-corrected chi connectivity index (χ3v) is 12.6. The number of esters is 1. The highest BCUT2D eigenvalue weighted by atomic mass is 16.6. The maximum atomic E-state index is 13.9. The van der Waals surface area contributed by atoms with Gasteiger partial charge in [-0.1, -0.05) is 65.0 Å². The van der Waals surface area contributed by atoms with Crippen molar-refractivity contribution in [3.8, 4) is 11.4 Å². The second-order valence-corrected chi connectivity index (χ2v) is 18.7. The predicted octanol–water partition coefficient (Wildman–Crippen LogP) is 3.73.